The van der Waals surface area contributed by atoms with Gasteiger partial charge in [0.1, 0.15) is 10.8 Å². The molecule has 1 heterocycles. The molecule has 1 amide bonds. The van der Waals surface area contributed by atoms with Crippen LogP contribution in [0.5, 0.6) is 0 Å². The highest BCUT2D eigenvalue weighted by Gasteiger charge is 2.36. The summed E-state index contributed by atoms with van der Waals surface area (Å²) in [5.74, 6) is -0.610. The molecule has 2 aromatic rings. The Kier molecular flexibility index (Phi) is 4.51. The molecule has 0 radical (unpaired) electrons. The molecule has 5 nitrogen and oxygen atoms in total. The molecule has 0 aromatic heterocycles. The first-order valence-electron chi connectivity index (χ1n) is 7.62. The Morgan fingerprint density at radius 3 is 2.21 bits per heavy atom. The van der Waals surface area contributed by atoms with Crippen molar-refractivity contribution in [1.29, 1.82) is 0 Å². The number of hydrogen-bond acceptors (Lipinski definition) is 3. The van der Waals surface area contributed by atoms with Crippen LogP contribution in [0.15, 0.2) is 53.4 Å². The first kappa shape index (κ1) is 16.8. The Morgan fingerprint density at radius 2 is 1.58 bits per heavy atom. The highest BCUT2D eigenvalue weighted by molar-refractivity contribution is 7.93. The summed E-state index contributed by atoms with van der Waals surface area (Å²) in [6, 6.07) is 13.5. The van der Waals surface area contributed by atoms with E-state index in [-0.39, 0.29) is 16.7 Å². The molecule has 0 atom stereocenters. The third-order valence-electron chi connectivity index (χ3n) is 3.86. The van der Waals surface area contributed by atoms with Gasteiger partial charge in [0.15, 0.2) is 0 Å². The number of hydrogen-bond donors (Lipinski definition) is 0. The van der Waals surface area contributed by atoms with E-state index < -0.39 is 10.0 Å². The minimum atomic E-state index is -3.77. The van der Waals surface area contributed by atoms with Crippen LogP contribution in [0, 0.1) is 0 Å². The van der Waals surface area contributed by atoms with Crippen LogP contribution in [0.4, 0.5) is 17.1 Å². The number of carbonyl (C=O) groups is 1. The molecule has 7 heteroatoms. The van der Waals surface area contributed by atoms with E-state index in [9.17, 15) is 13.2 Å². The second kappa shape index (κ2) is 6.45. The van der Waals surface area contributed by atoms with Crippen LogP contribution in [-0.4, -0.2) is 26.7 Å². The van der Waals surface area contributed by atoms with Crippen LogP contribution in [-0.2, 0) is 14.8 Å². The predicted molar refractivity (Wildman–Crippen MR) is 95.6 cm³/mol. The number of anilines is 3. The van der Waals surface area contributed by atoms with Gasteiger partial charge in [-0.25, -0.2) is 8.42 Å². The average Bonchev–Trinajstić information content (AvgIpc) is 2.67. The Morgan fingerprint density at radius 1 is 1.00 bits per heavy atom. The molecule has 1 aliphatic heterocycles. The standard InChI is InChI=1S/C17H17ClN2O3S/c1-2-11-19-13-7-3-4-8-14(13)20(17(21)12-18)15-9-5-6-10-16(15)24(19,22)23/h3-10H,2,11-12H2,1H3. The topological polar surface area (TPSA) is 57.7 Å². The number of alkyl halides is 1. The molecule has 0 N–H and O–H groups in total. The normalized spacial score (nSPS) is 15.4. The molecule has 0 bridgehead atoms. The van der Waals surface area contributed by atoms with E-state index >= 15 is 0 Å². The predicted octanol–water partition coefficient (Wildman–Crippen LogP) is 3.51. The van der Waals surface area contributed by atoms with Crippen molar-refractivity contribution < 1.29 is 13.2 Å². The number of para-hydroxylation sites is 3. The first-order valence-corrected chi connectivity index (χ1v) is 9.59. The zero-order valence-electron chi connectivity index (χ0n) is 13.1. The number of fused-ring (bicyclic) bond motifs is 2. The Hall–Kier alpha value is -2.05. The third kappa shape index (κ3) is 2.56. The Labute approximate surface area is 146 Å². The SMILES string of the molecule is CCCN1c2ccccc2N(C(=O)CCl)c2ccccc2S1(=O)=O. The van der Waals surface area contributed by atoms with Crippen LogP contribution in [0.3, 0.4) is 0 Å². The molecule has 0 saturated carbocycles. The van der Waals surface area contributed by atoms with Gasteiger partial charge >= 0.3 is 0 Å². The van der Waals surface area contributed by atoms with Gasteiger partial charge in [-0.05, 0) is 30.7 Å². The van der Waals surface area contributed by atoms with Gasteiger partial charge < -0.3 is 0 Å². The minimum Gasteiger partial charge on any atom is -0.276 e. The number of amides is 1. The molecule has 0 spiro atoms. The maximum absolute atomic E-state index is 13.2. The first-order chi connectivity index (χ1) is 11.5. The lowest BCUT2D eigenvalue weighted by molar-refractivity contribution is -0.115. The average molecular weight is 365 g/mol. The lowest BCUT2D eigenvalue weighted by Gasteiger charge is -2.25. The van der Waals surface area contributed by atoms with Gasteiger partial charge in [-0.15, -0.1) is 11.6 Å². The van der Waals surface area contributed by atoms with E-state index in [0.717, 1.165) is 0 Å². The monoisotopic (exact) mass is 364 g/mol. The van der Waals surface area contributed by atoms with E-state index in [1.165, 1.54) is 15.3 Å². The van der Waals surface area contributed by atoms with E-state index in [0.29, 0.717) is 30.0 Å². The van der Waals surface area contributed by atoms with Crippen molar-refractivity contribution in [3.05, 3.63) is 48.5 Å². The summed E-state index contributed by atoms with van der Waals surface area (Å²) in [7, 11) is -3.77. The number of benzene rings is 2. The lowest BCUT2D eigenvalue weighted by Crippen LogP contribution is -2.31. The highest BCUT2D eigenvalue weighted by Crippen LogP contribution is 2.43. The number of nitrogens with zero attached hydrogens (tertiary/aromatic N) is 2. The fourth-order valence-electron chi connectivity index (χ4n) is 2.87. The van der Waals surface area contributed by atoms with Gasteiger partial charge in [0.2, 0.25) is 5.91 Å². The highest BCUT2D eigenvalue weighted by atomic mass is 35.5. The van der Waals surface area contributed by atoms with Crippen LogP contribution < -0.4 is 9.21 Å². The molecule has 1 aliphatic rings. The molecule has 24 heavy (non-hydrogen) atoms. The van der Waals surface area contributed by atoms with Gasteiger partial charge in [-0.3, -0.25) is 14.0 Å². The summed E-state index contributed by atoms with van der Waals surface area (Å²) >= 11 is 5.79. The van der Waals surface area contributed by atoms with Gasteiger partial charge in [-0.2, -0.15) is 0 Å². The van der Waals surface area contributed by atoms with Crippen LogP contribution in [0.25, 0.3) is 0 Å². The van der Waals surface area contributed by atoms with Gasteiger partial charge in [-0.1, -0.05) is 31.2 Å². The maximum Gasteiger partial charge on any atom is 0.266 e. The smallest absolute Gasteiger partial charge is 0.266 e. The Balaban J connectivity index is 2.40. The molecule has 3 rings (SSSR count). The lowest BCUT2D eigenvalue weighted by atomic mass is 10.2. The Bertz CT molecular complexity index is 883. The molecular formula is C17H17ClN2O3S. The van der Waals surface area contributed by atoms with Crippen molar-refractivity contribution in [2.45, 2.75) is 18.2 Å². The van der Waals surface area contributed by atoms with Crippen molar-refractivity contribution in [3.8, 4) is 0 Å². The molecular weight excluding hydrogens is 348 g/mol. The summed E-state index contributed by atoms with van der Waals surface area (Å²) in [5.41, 5.74) is 1.33. The molecule has 126 valence electrons. The largest absolute Gasteiger partial charge is 0.276 e. The number of rotatable bonds is 3. The molecule has 0 saturated heterocycles. The summed E-state index contributed by atoms with van der Waals surface area (Å²) in [5, 5.41) is 0. The zero-order valence-corrected chi connectivity index (χ0v) is 14.7. The molecule has 0 aliphatic carbocycles. The zero-order chi connectivity index (χ0) is 17.3. The number of carbonyl (C=O) groups excluding carboxylic acids is 1. The van der Waals surface area contributed by atoms with Crippen molar-refractivity contribution in [2.75, 3.05) is 21.6 Å². The third-order valence-corrected chi connectivity index (χ3v) is 5.95. The van der Waals surface area contributed by atoms with E-state index in [1.807, 2.05) is 6.92 Å². The molecule has 0 unspecified atom stereocenters. The second-order valence-corrected chi connectivity index (χ2v) is 7.49. The van der Waals surface area contributed by atoms with Crippen LogP contribution in [0.1, 0.15) is 13.3 Å². The van der Waals surface area contributed by atoms with Crippen LogP contribution in [0.2, 0.25) is 0 Å². The summed E-state index contributed by atoms with van der Waals surface area (Å²) in [4.78, 5) is 14.0. The minimum absolute atomic E-state index is 0.105. The van der Waals surface area contributed by atoms with Crippen LogP contribution >= 0.6 is 11.6 Å². The fourth-order valence-corrected chi connectivity index (χ4v) is 4.74. The maximum atomic E-state index is 13.2. The summed E-state index contributed by atoms with van der Waals surface area (Å²) in [6.45, 7) is 2.24. The van der Waals surface area contributed by atoms with Crippen molar-refractivity contribution >= 4 is 44.6 Å². The van der Waals surface area contributed by atoms with Gasteiger partial charge in [0.05, 0.1) is 17.1 Å². The number of halogens is 1. The van der Waals surface area contributed by atoms with Crippen molar-refractivity contribution in [1.82, 2.24) is 0 Å². The van der Waals surface area contributed by atoms with Crippen molar-refractivity contribution in [2.24, 2.45) is 0 Å². The summed E-state index contributed by atoms with van der Waals surface area (Å²) in [6.07, 6.45) is 0.652. The summed E-state index contributed by atoms with van der Waals surface area (Å²) < 4.78 is 27.7. The fraction of sp³-hybridized carbons (Fsp3) is 0.235. The van der Waals surface area contributed by atoms with E-state index in [4.69, 9.17) is 11.6 Å². The molecule has 2 aromatic carbocycles. The molecule has 0 fully saturated rings. The quantitative estimate of drug-likeness (QED) is 0.783. The van der Waals surface area contributed by atoms with E-state index in [2.05, 4.69) is 0 Å². The second-order valence-electron chi connectivity index (χ2n) is 5.40. The van der Waals surface area contributed by atoms with Crippen molar-refractivity contribution in [3.63, 3.8) is 0 Å². The van der Waals surface area contributed by atoms with Gasteiger partial charge in [0, 0.05) is 6.54 Å². The van der Waals surface area contributed by atoms with Gasteiger partial charge in [0.25, 0.3) is 10.0 Å². The number of sulfonamides is 1. The van der Waals surface area contributed by atoms with E-state index in [1.54, 1.807) is 42.5 Å².